The van der Waals surface area contributed by atoms with E-state index < -0.39 is 11.6 Å². The Morgan fingerprint density at radius 3 is 2.76 bits per heavy atom. The molecule has 0 amide bonds. The highest BCUT2D eigenvalue weighted by Crippen LogP contribution is 2.25. The van der Waals surface area contributed by atoms with Gasteiger partial charge in [-0.2, -0.15) is 0 Å². The first kappa shape index (κ1) is 13.9. The Morgan fingerprint density at radius 1 is 1.53 bits per heavy atom. The Bertz CT molecular complexity index is 393. The molecule has 1 atom stereocenters. The van der Waals surface area contributed by atoms with Gasteiger partial charge in [0.1, 0.15) is 0 Å². The number of ether oxygens (including phenoxy) is 1. The fourth-order valence-electron chi connectivity index (χ4n) is 1.35. The summed E-state index contributed by atoms with van der Waals surface area (Å²) in [6.45, 7) is 1.53. The SMILES string of the molecule is COC(=O)C(C)(O)CNc1ccccc1SC. The van der Waals surface area contributed by atoms with Gasteiger partial charge in [0.05, 0.1) is 13.7 Å². The predicted molar refractivity (Wildman–Crippen MR) is 69.4 cm³/mol. The van der Waals surface area contributed by atoms with Crippen molar-refractivity contribution in [1.82, 2.24) is 0 Å². The summed E-state index contributed by atoms with van der Waals surface area (Å²) in [6, 6.07) is 7.71. The lowest BCUT2D eigenvalue weighted by molar-refractivity contribution is -0.158. The summed E-state index contributed by atoms with van der Waals surface area (Å²) in [5.74, 6) is -0.647. The van der Waals surface area contributed by atoms with E-state index in [1.807, 2.05) is 30.5 Å². The van der Waals surface area contributed by atoms with E-state index in [-0.39, 0.29) is 6.54 Å². The van der Waals surface area contributed by atoms with Gasteiger partial charge in [0.25, 0.3) is 0 Å². The number of carbonyl (C=O) groups excluding carboxylic acids is 1. The first-order valence-electron chi connectivity index (χ1n) is 5.19. The van der Waals surface area contributed by atoms with Crippen molar-refractivity contribution >= 4 is 23.4 Å². The fourth-order valence-corrected chi connectivity index (χ4v) is 1.92. The average Bonchev–Trinajstić information content (AvgIpc) is 2.35. The second-order valence-corrected chi connectivity index (χ2v) is 4.67. The largest absolute Gasteiger partial charge is 0.467 e. The highest BCUT2D eigenvalue weighted by Gasteiger charge is 2.31. The van der Waals surface area contributed by atoms with Gasteiger partial charge in [0, 0.05) is 10.6 Å². The van der Waals surface area contributed by atoms with E-state index in [2.05, 4.69) is 10.1 Å². The summed E-state index contributed by atoms with van der Waals surface area (Å²) in [7, 11) is 1.26. The minimum absolute atomic E-state index is 0.108. The van der Waals surface area contributed by atoms with Crippen LogP contribution in [0.25, 0.3) is 0 Å². The second kappa shape index (κ2) is 5.93. The quantitative estimate of drug-likeness (QED) is 0.620. The summed E-state index contributed by atoms with van der Waals surface area (Å²) in [5, 5.41) is 12.9. The molecule has 17 heavy (non-hydrogen) atoms. The molecule has 0 saturated heterocycles. The maximum atomic E-state index is 11.3. The van der Waals surface area contributed by atoms with E-state index in [4.69, 9.17) is 0 Å². The number of para-hydroxylation sites is 1. The number of hydrogen-bond donors (Lipinski definition) is 2. The second-order valence-electron chi connectivity index (χ2n) is 3.82. The van der Waals surface area contributed by atoms with Crippen molar-refractivity contribution in [1.29, 1.82) is 0 Å². The number of esters is 1. The van der Waals surface area contributed by atoms with Crippen molar-refractivity contribution in [2.45, 2.75) is 17.4 Å². The van der Waals surface area contributed by atoms with E-state index in [0.717, 1.165) is 10.6 Å². The third-order valence-corrected chi connectivity index (χ3v) is 3.15. The van der Waals surface area contributed by atoms with Crippen LogP contribution in [0.15, 0.2) is 29.2 Å². The molecular weight excluding hydrogens is 238 g/mol. The van der Waals surface area contributed by atoms with Crippen LogP contribution < -0.4 is 5.32 Å². The maximum absolute atomic E-state index is 11.3. The molecule has 0 saturated carbocycles. The molecule has 5 heteroatoms. The number of anilines is 1. The molecule has 0 spiro atoms. The number of benzene rings is 1. The van der Waals surface area contributed by atoms with Crippen LogP contribution in [-0.2, 0) is 9.53 Å². The molecule has 1 aromatic rings. The van der Waals surface area contributed by atoms with Crippen molar-refractivity contribution < 1.29 is 14.6 Å². The summed E-state index contributed by atoms with van der Waals surface area (Å²) in [6.07, 6.45) is 1.97. The standard InChI is InChI=1S/C12H17NO3S/c1-12(15,11(14)16-2)8-13-9-6-4-5-7-10(9)17-3/h4-7,13,15H,8H2,1-3H3. The summed E-state index contributed by atoms with van der Waals surface area (Å²) in [4.78, 5) is 12.4. The van der Waals surface area contributed by atoms with Gasteiger partial charge in [-0.25, -0.2) is 4.79 Å². The summed E-state index contributed by atoms with van der Waals surface area (Å²) < 4.78 is 4.53. The molecule has 2 N–H and O–H groups in total. The topological polar surface area (TPSA) is 58.6 Å². The first-order chi connectivity index (χ1) is 8.01. The van der Waals surface area contributed by atoms with Gasteiger partial charge in [0.15, 0.2) is 5.60 Å². The van der Waals surface area contributed by atoms with E-state index in [9.17, 15) is 9.90 Å². The van der Waals surface area contributed by atoms with Crippen LogP contribution in [-0.4, -0.2) is 36.6 Å². The van der Waals surface area contributed by atoms with Crippen molar-refractivity contribution in [2.24, 2.45) is 0 Å². The number of rotatable bonds is 5. The van der Waals surface area contributed by atoms with Gasteiger partial charge in [0.2, 0.25) is 0 Å². The molecule has 1 aromatic carbocycles. The van der Waals surface area contributed by atoms with Gasteiger partial charge in [-0.15, -0.1) is 11.8 Å². The van der Waals surface area contributed by atoms with Crippen molar-refractivity contribution in [3.05, 3.63) is 24.3 Å². The van der Waals surface area contributed by atoms with Crippen LogP contribution in [0.4, 0.5) is 5.69 Å². The molecule has 94 valence electrons. The number of hydrogen-bond acceptors (Lipinski definition) is 5. The predicted octanol–water partition coefficient (Wildman–Crippen LogP) is 1.74. The zero-order valence-corrected chi connectivity index (χ0v) is 11.0. The zero-order valence-electron chi connectivity index (χ0n) is 10.2. The fraction of sp³-hybridized carbons (Fsp3) is 0.417. The monoisotopic (exact) mass is 255 g/mol. The Labute approximate surface area is 105 Å². The van der Waals surface area contributed by atoms with Gasteiger partial charge in [-0.05, 0) is 25.3 Å². The van der Waals surface area contributed by atoms with Crippen LogP contribution in [0, 0.1) is 0 Å². The van der Waals surface area contributed by atoms with Crippen LogP contribution in [0.1, 0.15) is 6.92 Å². The lowest BCUT2D eigenvalue weighted by atomic mass is 10.1. The molecule has 1 unspecified atom stereocenters. The van der Waals surface area contributed by atoms with Crippen LogP contribution >= 0.6 is 11.8 Å². The molecule has 0 bridgehead atoms. The Kier molecular flexibility index (Phi) is 4.84. The molecular formula is C12H17NO3S. The Balaban J connectivity index is 2.70. The third kappa shape index (κ3) is 3.64. The van der Waals surface area contributed by atoms with Crippen LogP contribution in [0.5, 0.6) is 0 Å². The number of carbonyl (C=O) groups is 1. The number of thioether (sulfide) groups is 1. The Morgan fingerprint density at radius 2 is 2.18 bits per heavy atom. The smallest absolute Gasteiger partial charge is 0.339 e. The number of aliphatic hydroxyl groups is 1. The molecule has 4 nitrogen and oxygen atoms in total. The number of methoxy groups -OCH3 is 1. The molecule has 0 fully saturated rings. The lowest BCUT2D eigenvalue weighted by Crippen LogP contribution is -2.42. The minimum atomic E-state index is -1.53. The zero-order chi connectivity index (χ0) is 12.9. The molecule has 0 aliphatic rings. The van der Waals surface area contributed by atoms with Crippen molar-refractivity contribution in [2.75, 3.05) is 25.2 Å². The summed E-state index contributed by atoms with van der Waals surface area (Å²) in [5.41, 5.74) is -0.635. The van der Waals surface area contributed by atoms with Crippen molar-refractivity contribution in [3.63, 3.8) is 0 Å². The molecule has 0 aliphatic heterocycles. The van der Waals surface area contributed by atoms with Gasteiger partial charge >= 0.3 is 5.97 Å². The highest BCUT2D eigenvalue weighted by atomic mass is 32.2. The van der Waals surface area contributed by atoms with E-state index in [1.54, 1.807) is 11.8 Å². The third-order valence-electron chi connectivity index (χ3n) is 2.36. The normalized spacial score (nSPS) is 13.9. The molecule has 0 radical (unpaired) electrons. The van der Waals surface area contributed by atoms with Gasteiger partial charge in [-0.1, -0.05) is 12.1 Å². The van der Waals surface area contributed by atoms with E-state index in [1.165, 1.54) is 14.0 Å². The molecule has 0 aromatic heterocycles. The van der Waals surface area contributed by atoms with Crippen molar-refractivity contribution in [3.8, 4) is 0 Å². The Hall–Kier alpha value is -1.20. The number of nitrogens with one attached hydrogen (secondary N) is 1. The minimum Gasteiger partial charge on any atom is -0.467 e. The average molecular weight is 255 g/mol. The first-order valence-corrected chi connectivity index (χ1v) is 6.41. The molecule has 1 rings (SSSR count). The van der Waals surface area contributed by atoms with E-state index >= 15 is 0 Å². The highest BCUT2D eigenvalue weighted by molar-refractivity contribution is 7.98. The van der Waals surface area contributed by atoms with Crippen LogP contribution in [0.3, 0.4) is 0 Å². The molecule has 0 heterocycles. The van der Waals surface area contributed by atoms with Gasteiger partial charge < -0.3 is 15.2 Å². The summed E-state index contributed by atoms with van der Waals surface area (Å²) >= 11 is 1.60. The van der Waals surface area contributed by atoms with Gasteiger partial charge in [-0.3, -0.25) is 0 Å². The molecule has 0 aliphatic carbocycles. The van der Waals surface area contributed by atoms with Crippen LogP contribution in [0.2, 0.25) is 0 Å². The lowest BCUT2D eigenvalue weighted by Gasteiger charge is -2.21. The van der Waals surface area contributed by atoms with E-state index in [0.29, 0.717) is 0 Å². The maximum Gasteiger partial charge on any atom is 0.339 e.